The first-order valence-electron chi connectivity index (χ1n) is 8.01. The molecule has 1 heterocycles. The zero-order valence-electron chi connectivity index (χ0n) is 13.5. The summed E-state index contributed by atoms with van der Waals surface area (Å²) in [6, 6.07) is 11.6. The van der Waals surface area contributed by atoms with Gasteiger partial charge in [-0.1, -0.05) is 18.2 Å². The molecular weight excluding hydrogens is 306 g/mol. The molecule has 0 saturated heterocycles. The number of benzene rings is 1. The van der Waals surface area contributed by atoms with E-state index in [0.717, 1.165) is 24.2 Å². The van der Waals surface area contributed by atoms with Gasteiger partial charge in [0, 0.05) is 30.6 Å². The minimum absolute atomic E-state index is 0.000605. The summed E-state index contributed by atoms with van der Waals surface area (Å²) < 4.78 is 0. The zero-order valence-corrected chi connectivity index (χ0v) is 13.5. The van der Waals surface area contributed by atoms with Crippen LogP contribution in [-0.4, -0.2) is 34.6 Å². The van der Waals surface area contributed by atoms with Crippen LogP contribution in [-0.2, 0) is 9.59 Å². The standard InChI is InChI=1S/C17H21N5O2/c1-11(23)19-14-7-12(8-14)15-9-16(22-21-15)20-17(24)10-18-13-5-3-2-4-6-13/h2-6,9,12,14,18H,7-8,10H2,1H3,(H,19,23)(H2,20,21,22,24)/t12-,14+. The van der Waals surface area contributed by atoms with Gasteiger partial charge in [-0.3, -0.25) is 14.7 Å². The van der Waals surface area contributed by atoms with Crippen LogP contribution in [0.1, 0.15) is 31.4 Å². The molecule has 1 aliphatic rings. The quantitative estimate of drug-likeness (QED) is 0.650. The lowest BCUT2D eigenvalue weighted by Gasteiger charge is -2.34. The largest absolute Gasteiger partial charge is 0.376 e. The number of H-pyrrole nitrogens is 1. The third-order valence-corrected chi connectivity index (χ3v) is 4.06. The second-order valence-electron chi connectivity index (χ2n) is 6.04. The number of aromatic amines is 1. The molecule has 0 bridgehead atoms. The van der Waals surface area contributed by atoms with Crippen LogP contribution < -0.4 is 16.0 Å². The van der Waals surface area contributed by atoms with E-state index in [1.54, 1.807) is 0 Å². The number of hydrogen-bond donors (Lipinski definition) is 4. The molecule has 0 unspecified atom stereocenters. The van der Waals surface area contributed by atoms with Crippen LogP contribution in [0.25, 0.3) is 0 Å². The lowest BCUT2D eigenvalue weighted by atomic mass is 9.78. The monoisotopic (exact) mass is 327 g/mol. The highest BCUT2D eigenvalue weighted by Gasteiger charge is 2.32. The lowest BCUT2D eigenvalue weighted by Crippen LogP contribution is -2.42. The molecule has 3 rings (SSSR count). The average molecular weight is 327 g/mol. The van der Waals surface area contributed by atoms with E-state index in [9.17, 15) is 9.59 Å². The van der Waals surface area contributed by atoms with E-state index in [4.69, 9.17) is 0 Å². The Morgan fingerprint density at radius 3 is 2.71 bits per heavy atom. The number of hydrogen-bond acceptors (Lipinski definition) is 4. The maximum absolute atomic E-state index is 12.0. The summed E-state index contributed by atoms with van der Waals surface area (Å²) in [5.41, 5.74) is 1.82. The molecule has 7 nitrogen and oxygen atoms in total. The predicted molar refractivity (Wildman–Crippen MR) is 91.7 cm³/mol. The van der Waals surface area contributed by atoms with Gasteiger partial charge in [0.2, 0.25) is 11.8 Å². The molecule has 0 atom stereocenters. The number of rotatable bonds is 6. The third-order valence-electron chi connectivity index (χ3n) is 4.06. The van der Waals surface area contributed by atoms with Gasteiger partial charge in [0.1, 0.15) is 5.82 Å². The Labute approximate surface area is 140 Å². The van der Waals surface area contributed by atoms with Gasteiger partial charge >= 0.3 is 0 Å². The number of carbonyl (C=O) groups excluding carboxylic acids is 2. The van der Waals surface area contributed by atoms with E-state index in [2.05, 4.69) is 26.1 Å². The first kappa shape index (κ1) is 16.0. The van der Waals surface area contributed by atoms with Crippen LogP contribution in [0, 0.1) is 0 Å². The fourth-order valence-corrected chi connectivity index (χ4v) is 2.81. The molecule has 1 aromatic carbocycles. The van der Waals surface area contributed by atoms with Crippen molar-refractivity contribution in [2.24, 2.45) is 0 Å². The molecule has 2 aromatic rings. The molecule has 0 radical (unpaired) electrons. The molecule has 1 aliphatic carbocycles. The van der Waals surface area contributed by atoms with Crippen molar-refractivity contribution in [1.82, 2.24) is 15.5 Å². The van der Waals surface area contributed by atoms with E-state index < -0.39 is 0 Å². The van der Waals surface area contributed by atoms with E-state index in [-0.39, 0.29) is 24.4 Å². The first-order chi connectivity index (χ1) is 11.6. The number of nitrogens with zero attached hydrogens (tertiary/aromatic N) is 1. The molecule has 4 N–H and O–H groups in total. The van der Waals surface area contributed by atoms with Crippen LogP contribution in [0.5, 0.6) is 0 Å². The summed E-state index contributed by atoms with van der Waals surface area (Å²) in [6.07, 6.45) is 1.76. The first-order valence-corrected chi connectivity index (χ1v) is 8.01. The molecule has 2 amide bonds. The second kappa shape index (κ2) is 7.16. The highest BCUT2D eigenvalue weighted by Crippen LogP contribution is 2.36. The van der Waals surface area contributed by atoms with Gasteiger partial charge < -0.3 is 16.0 Å². The molecule has 0 spiro atoms. The van der Waals surface area contributed by atoms with Crippen LogP contribution in [0.3, 0.4) is 0 Å². The molecule has 1 fully saturated rings. The number of carbonyl (C=O) groups is 2. The molecule has 1 saturated carbocycles. The Kier molecular flexibility index (Phi) is 4.79. The Morgan fingerprint density at radius 2 is 2.00 bits per heavy atom. The highest BCUT2D eigenvalue weighted by molar-refractivity contribution is 5.92. The third kappa shape index (κ3) is 4.13. The Bertz CT molecular complexity index is 707. The van der Waals surface area contributed by atoms with Gasteiger partial charge in [-0.05, 0) is 25.0 Å². The number of amides is 2. The number of anilines is 2. The van der Waals surface area contributed by atoms with Gasteiger partial charge in [0.15, 0.2) is 0 Å². The number of nitrogens with one attached hydrogen (secondary N) is 4. The maximum Gasteiger partial charge on any atom is 0.244 e. The van der Waals surface area contributed by atoms with Gasteiger partial charge in [-0.15, -0.1) is 0 Å². The summed E-state index contributed by atoms with van der Waals surface area (Å²) in [6.45, 7) is 1.71. The molecule has 7 heteroatoms. The van der Waals surface area contributed by atoms with E-state index >= 15 is 0 Å². The van der Waals surface area contributed by atoms with Gasteiger partial charge in [0.25, 0.3) is 0 Å². The Morgan fingerprint density at radius 1 is 1.25 bits per heavy atom. The van der Waals surface area contributed by atoms with Crippen LogP contribution >= 0.6 is 0 Å². The molecular formula is C17H21N5O2. The molecule has 0 aliphatic heterocycles. The van der Waals surface area contributed by atoms with E-state index in [0.29, 0.717) is 11.7 Å². The van der Waals surface area contributed by atoms with Crippen molar-refractivity contribution in [3.8, 4) is 0 Å². The van der Waals surface area contributed by atoms with Gasteiger partial charge in [0.05, 0.1) is 12.2 Å². The normalized spacial score (nSPS) is 19.2. The van der Waals surface area contributed by atoms with Crippen LogP contribution in [0.2, 0.25) is 0 Å². The minimum Gasteiger partial charge on any atom is -0.376 e. The number of para-hydroxylation sites is 1. The minimum atomic E-state index is -0.140. The summed E-state index contributed by atoms with van der Waals surface area (Å²) in [4.78, 5) is 22.9. The van der Waals surface area contributed by atoms with Crippen molar-refractivity contribution in [3.63, 3.8) is 0 Å². The summed E-state index contributed by atoms with van der Waals surface area (Å²) in [5.74, 6) is 0.775. The average Bonchev–Trinajstić information content (AvgIpc) is 2.97. The fraction of sp³-hybridized carbons (Fsp3) is 0.353. The Hall–Kier alpha value is -2.83. The van der Waals surface area contributed by atoms with Crippen molar-refractivity contribution < 1.29 is 9.59 Å². The molecule has 24 heavy (non-hydrogen) atoms. The zero-order chi connectivity index (χ0) is 16.9. The summed E-state index contributed by atoms with van der Waals surface area (Å²) >= 11 is 0. The van der Waals surface area contributed by atoms with Crippen molar-refractivity contribution in [2.75, 3.05) is 17.2 Å². The van der Waals surface area contributed by atoms with Crippen LogP contribution in [0.15, 0.2) is 36.4 Å². The smallest absolute Gasteiger partial charge is 0.244 e. The summed E-state index contributed by atoms with van der Waals surface area (Å²) in [5, 5.41) is 15.8. The van der Waals surface area contributed by atoms with Gasteiger partial charge in [-0.25, -0.2) is 0 Å². The van der Waals surface area contributed by atoms with E-state index in [1.165, 1.54) is 6.92 Å². The van der Waals surface area contributed by atoms with Crippen LogP contribution in [0.4, 0.5) is 11.5 Å². The van der Waals surface area contributed by atoms with E-state index in [1.807, 2.05) is 36.4 Å². The highest BCUT2D eigenvalue weighted by atomic mass is 16.2. The second-order valence-corrected chi connectivity index (χ2v) is 6.04. The topological polar surface area (TPSA) is 98.9 Å². The maximum atomic E-state index is 12.0. The summed E-state index contributed by atoms with van der Waals surface area (Å²) in [7, 11) is 0. The van der Waals surface area contributed by atoms with Crippen molar-refractivity contribution in [1.29, 1.82) is 0 Å². The fourth-order valence-electron chi connectivity index (χ4n) is 2.81. The SMILES string of the molecule is CC(=O)N[C@H]1C[C@@H](c2cc(NC(=O)CNc3ccccc3)[nH]n2)C1. The predicted octanol–water partition coefficient (Wildman–Crippen LogP) is 1.84. The van der Waals surface area contributed by atoms with Crippen molar-refractivity contribution in [3.05, 3.63) is 42.1 Å². The molecule has 126 valence electrons. The Balaban J connectivity index is 1.44. The van der Waals surface area contributed by atoms with Gasteiger partial charge in [-0.2, -0.15) is 5.10 Å². The molecule has 1 aromatic heterocycles. The lowest BCUT2D eigenvalue weighted by molar-refractivity contribution is -0.120. The number of aromatic nitrogens is 2. The van der Waals surface area contributed by atoms with Crippen molar-refractivity contribution >= 4 is 23.3 Å². The van der Waals surface area contributed by atoms with Crippen molar-refractivity contribution in [2.45, 2.75) is 31.7 Å².